The molecule has 1 N–H and O–H groups in total. The van der Waals surface area contributed by atoms with Gasteiger partial charge in [-0.3, -0.25) is 24.6 Å². The van der Waals surface area contributed by atoms with Gasteiger partial charge in [0.05, 0.1) is 12.0 Å². The second-order valence-electron chi connectivity index (χ2n) is 7.81. The first-order valence-electron chi connectivity index (χ1n) is 10.6. The van der Waals surface area contributed by atoms with E-state index in [2.05, 4.69) is 5.32 Å². The molecular formula is C23H25ClN4O6. The molecule has 34 heavy (non-hydrogen) atoms. The lowest BCUT2D eigenvalue weighted by atomic mass is 10.0. The van der Waals surface area contributed by atoms with Gasteiger partial charge in [-0.05, 0) is 24.6 Å². The highest BCUT2D eigenvalue weighted by molar-refractivity contribution is 6.31. The van der Waals surface area contributed by atoms with E-state index >= 15 is 0 Å². The summed E-state index contributed by atoms with van der Waals surface area (Å²) in [6.45, 7) is 3.05. The molecule has 2 aromatic rings. The zero-order valence-electron chi connectivity index (χ0n) is 18.8. The van der Waals surface area contributed by atoms with Crippen LogP contribution in [0, 0.1) is 10.1 Å². The summed E-state index contributed by atoms with van der Waals surface area (Å²) < 4.78 is 4.99. The van der Waals surface area contributed by atoms with E-state index in [4.69, 9.17) is 16.3 Å². The number of amides is 2. The molecule has 0 radical (unpaired) electrons. The lowest BCUT2D eigenvalue weighted by molar-refractivity contribution is -0.384. The van der Waals surface area contributed by atoms with Crippen LogP contribution in [-0.2, 0) is 14.3 Å². The van der Waals surface area contributed by atoms with Crippen molar-refractivity contribution in [2.75, 3.05) is 33.3 Å². The van der Waals surface area contributed by atoms with Gasteiger partial charge in [-0.1, -0.05) is 35.9 Å². The Morgan fingerprint density at radius 2 is 1.76 bits per heavy atom. The van der Waals surface area contributed by atoms with Crippen LogP contribution in [0.4, 0.5) is 5.69 Å². The summed E-state index contributed by atoms with van der Waals surface area (Å²) in [5.74, 6) is -1.30. The Morgan fingerprint density at radius 3 is 2.38 bits per heavy atom. The summed E-state index contributed by atoms with van der Waals surface area (Å²) in [4.78, 5) is 51.8. The Morgan fingerprint density at radius 1 is 1.09 bits per heavy atom. The van der Waals surface area contributed by atoms with E-state index in [-0.39, 0.29) is 17.2 Å². The Balaban J connectivity index is 1.62. The molecule has 1 aliphatic heterocycles. The molecule has 11 heteroatoms. The van der Waals surface area contributed by atoms with Crippen LogP contribution >= 0.6 is 11.6 Å². The summed E-state index contributed by atoms with van der Waals surface area (Å²) >= 11 is 6.31. The van der Waals surface area contributed by atoms with Crippen molar-refractivity contribution in [3.8, 4) is 0 Å². The lowest BCUT2D eigenvalue weighted by Gasteiger charge is -2.39. The third-order valence-electron chi connectivity index (χ3n) is 5.65. The summed E-state index contributed by atoms with van der Waals surface area (Å²) in [5, 5.41) is 14.0. The van der Waals surface area contributed by atoms with Gasteiger partial charge in [0, 0.05) is 48.9 Å². The number of piperazine rings is 1. The largest absolute Gasteiger partial charge is 0.468 e. The fraction of sp³-hybridized carbons (Fsp3) is 0.348. The summed E-state index contributed by atoms with van der Waals surface area (Å²) in [6, 6.07) is 10.8. The number of ether oxygens (including phenoxy) is 1. The summed E-state index contributed by atoms with van der Waals surface area (Å²) in [5.41, 5.74) is 0.522. The average Bonchev–Trinajstić information content (AvgIpc) is 2.85. The fourth-order valence-electron chi connectivity index (χ4n) is 3.86. The minimum atomic E-state index is -0.835. The molecule has 2 amide bonds. The van der Waals surface area contributed by atoms with Crippen LogP contribution in [0.25, 0.3) is 0 Å². The molecule has 1 saturated heterocycles. The van der Waals surface area contributed by atoms with Crippen molar-refractivity contribution in [3.63, 3.8) is 0 Å². The van der Waals surface area contributed by atoms with Crippen molar-refractivity contribution < 1.29 is 24.0 Å². The molecule has 0 aliphatic carbocycles. The van der Waals surface area contributed by atoms with Crippen molar-refractivity contribution in [1.82, 2.24) is 15.1 Å². The number of nitrogens with one attached hydrogen (secondary N) is 1. The number of carbonyl (C=O) groups is 3. The fourth-order valence-corrected chi connectivity index (χ4v) is 4.10. The number of nitro groups is 1. The van der Waals surface area contributed by atoms with Crippen molar-refractivity contribution >= 4 is 35.1 Å². The topological polar surface area (TPSA) is 122 Å². The number of nitro benzene ring substituents is 1. The molecule has 10 nitrogen and oxygen atoms in total. The zero-order chi connectivity index (χ0) is 24.8. The minimum Gasteiger partial charge on any atom is -0.468 e. The van der Waals surface area contributed by atoms with Crippen LogP contribution in [-0.4, -0.2) is 71.8 Å². The third-order valence-corrected chi connectivity index (χ3v) is 6.00. The predicted molar refractivity (Wildman–Crippen MR) is 124 cm³/mol. The normalized spacial score (nSPS) is 15.8. The number of carbonyl (C=O) groups excluding carboxylic acids is 3. The van der Waals surface area contributed by atoms with Crippen LogP contribution in [0.3, 0.4) is 0 Å². The average molecular weight is 489 g/mol. The molecule has 1 heterocycles. The first-order valence-corrected chi connectivity index (χ1v) is 11.0. The van der Waals surface area contributed by atoms with Crippen molar-refractivity contribution in [3.05, 3.63) is 74.8 Å². The Labute approximate surface area is 201 Å². The van der Waals surface area contributed by atoms with Crippen molar-refractivity contribution in [2.24, 2.45) is 0 Å². The van der Waals surface area contributed by atoms with Gasteiger partial charge in [0.15, 0.2) is 0 Å². The minimum absolute atomic E-state index is 0.0966. The van der Waals surface area contributed by atoms with E-state index in [1.807, 2.05) is 4.90 Å². The summed E-state index contributed by atoms with van der Waals surface area (Å²) in [7, 11) is 1.32. The molecule has 0 saturated carbocycles. The highest BCUT2D eigenvalue weighted by atomic mass is 35.5. The molecular weight excluding hydrogens is 464 g/mol. The number of hydrogen-bond donors (Lipinski definition) is 1. The number of nitrogens with zero attached hydrogens (tertiary/aromatic N) is 3. The van der Waals surface area contributed by atoms with E-state index in [0.29, 0.717) is 36.8 Å². The number of methoxy groups -OCH3 is 1. The van der Waals surface area contributed by atoms with Gasteiger partial charge in [-0.2, -0.15) is 0 Å². The molecule has 2 atom stereocenters. The number of hydrogen-bond acceptors (Lipinski definition) is 7. The summed E-state index contributed by atoms with van der Waals surface area (Å²) in [6.07, 6.45) is 0. The van der Waals surface area contributed by atoms with Crippen molar-refractivity contribution in [2.45, 2.75) is 19.0 Å². The quantitative estimate of drug-likeness (QED) is 0.361. The van der Waals surface area contributed by atoms with Crippen LogP contribution < -0.4 is 5.32 Å². The maximum atomic E-state index is 12.9. The van der Waals surface area contributed by atoms with Gasteiger partial charge in [-0.15, -0.1) is 0 Å². The molecule has 2 aromatic carbocycles. The third kappa shape index (κ3) is 5.70. The van der Waals surface area contributed by atoms with Crippen LogP contribution in [0.15, 0.2) is 48.5 Å². The number of halogens is 1. The van der Waals surface area contributed by atoms with E-state index < -0.39 is 28.9 Å². The van der Waals surface area contributed by atoms with Gasteiger partial charge in [0.1, 0.15) is 12.1 Å². The van der Waals surface area contributed by atoms with Gasteiger partial charge in [0.25, 0.3) is 11.6 Å². The van der Waals surface area contributed by atoms with Gasteiger partial charge < -0.3 is 15.0 Å². The number of benzene rings is 2. The van der Waals surface area contributed by atoms with Gasteiger partial charge >= 0.3 is 5.97 Å². The molecule has 3 rings (SSSR count). The first-order chi connectivity index (χ1) is 16.2. The molecule has 0 bridgehead atoms. The SMILES string of the molecule is COC(=O)C(c1ccccc1Cl)N1CCN(C(=O)C(C)NC(=O)c2cccc([N+](=O)[O-])c2)CC1. The van der Waals surface area contributed by atoms with E-state index in [1.54, 1.807) is 36.1 Å². The maximum Gasteiger partial charge on any atom is 0.327 e. The lowest BCUT2D eigenvalue weighted by Crippen LogP contribution is -2.55. The first kappa shape index (κ1) is 25.1. The second kappa shape index (κ2) is 11.1. The smallest absolute Gasteiger partial charge is 0.327 e. The number of non-ortho nitro benzene ring substituents is 1. The highest BCUT2D eigenvalue weighted by Crippen LogP contribution is 2.29. The Kier molecular flexibility index (Phi) is 8.19. The van der Waals surface area contributed by atoms with Crippen molar-refractivity contribution in [1.29, 1.82) is 0 Å². The van der Waals surface area contributed by atoms with E-state index in [9.17, 15) is 24.5 Å². The van der Waals surface area contributed by atoms with Crippen LogP contribution in [0.2, 0.25) is 5.02 Å². The predicted octanol–water partition coefficient (Wildman–Crippen LogP) is 2.42. The maximum absolute atomic E-state index is 12.9. The van der Waals surface area contributed by atoms with Gasteiger partial charge in [-0.25, -0.2) is 4.79 Å². The second-order valence-corrected chi connectivity index (χ2v) is 8.22. The Hall–Kier alpha value is -3.50. The molecule has 0 spiro atoms. The molecule has 1 fully saturated rings. The van der Waals surface area contributed by atoms with Crippen LogP contribution in [0.1, 0.15) is 28.9 Å². The zero-order valence-corrected chi connectivity index (χ0v) is 19.5. The van der Waals surface area contributed by atoms with Gasteiger partial charge in [0.2, 0.25) is 5.91 Å². The highest BCUT2D eigenvalue weighted by Gasteiger charge is 2.34. The monoisotopic (exact) mass is 488 g/mol. The molecule has 2 unspecified atom stereocenters. The van der Waals surface area contributed by atoms with E-state index in [0.717, 1.165) is 6.07 Å². The number of esters is 1. The number of rotatable bonds is 7. The Bertz CT molecular complexity index is 1090. The standard InChI is InChI=1S/C23H25ClN4O6/c1-15(25-21(29)16-6-5-7-17(14-16)28(32)33)22(30)27-12-10-26(11-13-27)20(23(31)34-2)18-8-3-4-9-19(18)24/h3-9,14-15,20H,10-13H2,1-2H3,(H,25,29). The van der Waals surface area contributed by atoms with E-state index in [1.165, 1.54) is 25.3 Å². The molecule has 180 valence electrons. The molecule has 0 aromatic heterocycles. The van der Waals surface area contributed by atoms with Crippen LogP contribution in [0.5, 0.6) is 0 Å². The molecule has 1 aliphatic rings.